The summed E-state index contributed by atoms with van der Waals surface area (Å²) in [7, 11) is 1.64. The molecule has 1 aliphatic rings. The molecule has 7 heteroatoms. The average molecular weight is 470 g/mol. The summed E-state index contributed by atoms with van der Waals surface area (Å²) in [4.78, 5) is 19.8. The molecule has 1 amide bonds. The first-order chi connectivity index (χ1) is 17.2. The first-order valence-electron chi connectivity index (χ1n) is 12.2. The van der Waals surface area contributed by atoms with Crippen molar-refractivity contribution in [3.63, 3.8) is 0 Å². The van der Waals surface area contributed by atoms with Crippen LogP contribution in [0.5, 0.6) is 5.75 Å². The van der Waals surface area contributed by atoms with Gasteiger partial charge in [-0.15, -0.1) is 0 Å². The number of aromatic nitrogens is 3. The molecule has 0 radical (unpaired) electrons. The molecule has 2 N–H and O–H groups in total. The van der Waals surface area contributed by atoms with Crippen molar-refractivity contribution in [2.24, 2.45) is 5.92 Å². The molecule has 2 aromatic carbocycles. The van der Waals surface area contributed by atoms with Crippen LogP contribution in [0, 0.1) is 5.92 Å². The second-order valence-corrected chi connectivity index (χ2v) is 9.14. The van der Waals surface area contributed by atoms with Gasteiger partial charge in [-0.05, 0) is 67.6 Å². The summed E-state index contributed by atoms with van der Waals surface area (Å²) < 4.78 is 5.48. The van der Waals surface area contributed by atoms with Crippen molar-refractivity contribution in [3.8, 4) is 16.9 Å². The highest BCUT2D eigenvalue weighted by Crippen LogP contribution is 2.31. The van der Waals surface area contributed by atoms with Crippen molar-refractivity contribution >= 4 is 16.8 Å². The van der Waals surface area contributed by atoms with E-state index in [-0.39, 0.29) is 5.91 Å². The van der Waals surface area contributed by atoms with Crippen LogP contribution in [0.25, 0.3) is 22.0 Å². The van der Waals surface area contributed by atoms with E-state index >= 15 is 0 Å². The second-order valence-electron chi connectivity index (χ2n) is 9.14. The number of aromatic amines is 1. The lowest BCUT2D eigenvalue weighted by Gasteiger charge is -2.32. The van der Waals surface area contributed by atoms with Crippen molar-refractivity contribution in [1.29, 1.82) is 0 Å². The Kier molecular flexibility index (Phi) is 7.04. The Morgan fingerprint density at radius 2 is 1.97 bits per heavy atom. The monoisotopic (exact) mass is 469 g/mol. The topological polar surface area (TPSA) is 83.1 Å². The molecule has 5 rings (SSSR count). The van der Waals surface area contributed by atoms with E-state index in [0.717, 1.165) is 66.7 Å². The summed E-state index contributed by atoms with van der Waals surface area (Å²) in [5.74, 6) is 1.09. The Bertz CT molecular complexity index is 1280. The molecule has 1 fully saturated rings. The van der Waals surface area contributed by atoms with Gasteiger partial charge < -0.3 is 15.0 Å². The summed E-state index contributed by atoms with van der Waals surface area (Å²) in [5, 5.41) is 11.2. The number of nitrogens with one attached hydrogen (secondary N) is 2. The van der Waals surface area contributed by atoms with Gasteiger partial charge in [-0.25, -0.2) is 0 Å². The van der Waals surface area contributed by atoms with Crippen LogP contribution >= 0.6 is 0 Å². The number of amides is 1. The van der Waals surface area contributed by atoms with Gasteiger partial charge in [0.2, 0.25) is 0 Å². The maximum atomic E-state index is 13.0. The van der Waals surface area contributed by atoms with Gasteiger partial charge in [0.05, 0.1) is 12.6 Å². The van der Waals surface area contributed by atoms with Crippen molar-refractivity contribution in [1.82, 2.24) is 25.4 Å². The number of ether oxygens (including phenoxy) is 1. The Morgan fingerprint density at radius 3 is 2.77 bits per heavy atom. The van der Waals surface area contributed by atoms with E-state index in [0.29, 0.717) is 18.2 Å². The standard InChI is InChI=1S/C28H31N5O2/c1-35-26-9-13-29-19-24(26)22-7-8-25-23(17-22)27(32-31-25)28(34)30-18-21-11-15-33(16-12-21)14-10-20-5-3-2-4-6-20/h2-9,13,17,19,21H,10-12,14-16,18H2,1H3,(H,30,34)(H,31,32). The molecule has 0 unspecified atom stereocenters. The number of carbonyl (C=O) groups excluding carboxylic acids is 1. The van der Waals surface area contributed by atoms with Gasteiger partial charge in [-0.1, -0.05) is 36.4 Å². The van der Waals surface area contributed by atoms with Gasteiger partial charge in [0.1, 0.15) is 5.75 Å². The molecule has 0 aliphatic carbocycles. The second kappa shape index (κ2) is 10.7. The number of hydrogen-bond donors (Lipinski definition) is 2. The van der Waals surface area contributed by atoms with Crippen LogP contribution in [-0.2, 0) is 6.42 Å². The van der Waals surface area contributed by atoms with Crippen LogP contribution in [0.15, 0.2) is 67.0 Å². The van der Waals surface area contributed by atoms with Crippen LogP contribution in [0.4, 0.5) is 0 Å². The first-order valence-corrected chi connectivity index (χ1v) is 12.2. The number of nitrogens with zero attached hydrogens (tertiary/aromatic N) is 3. The number of benzene rings is 2. The zero-order valence-corrected chi connectivity index (χ0v) is 20.0. The molecule has 2 aromatic heterocycles. The van der Waals surface area contributed by atoms with Crippen molar-refractivity contribution < 1.29 is 9.53 Å². The lowest BCUT2D eigenvalue weighted by Crippen LogP contribution is -2.39. The third-order valence-corrected chi connectivity index (χ3v) is 6.91. The molecule has 4 aromatic rings. The van der Waals surface area contributed by atoms with E-state index in [1.807, 2.05) is 24.3 Å². The molecular weight excluding hydrogens is 438 g/mol. The van der Waals surface area contributed by atoms with Crippen LogP contribution in [0.1, 0.15) is 28.9 Å². The maximum Gasteiger partial charge on any atom is 0.272 e. The Morgan fingerprint density at radius 1 is 1.14 bits per heavy atom. The van der Waals surface area contributed by atoms with E-state index < -0.39 is 0 Å². The fourth-order valence-corrected chi connectivity index (χ4v) is 4.80. The molecule has 7 nitrogen and oxygen atoms in total. The summed E-state index contributed by atoms with van der Waals surface area (Å²) in [5.41, 5.74) is 4.45. The van der Waals surface area contributed by atoms with E-state index in [1.165, 1.54) is 5.56 Å². The molecule has 3 heterocycles. The predicted molar refractivity (Wildman–Crippen MR) is 138 cm³/mol. The average Bonchev–Trinajstić information content (AvgIpc) is 3.35. The number of likely N-dealkylation sites (tertiary alicyclic amines) is 1. The number of H-pyrrole nitrogens is 1. The van der Waals surface area contributed by atoms with Gasteiger partial charge >= 0.3 is 0 Å². The third kappa shape index (κ3) is 5.35. The van der Waals surface area contributed by atoms with Crippen LogP contribution < -0.4 is 10.1 Å². The van der Waals surface area contributed by atoms with Crippen molar-refractivity contribution in [2.75, 3.05) is 33.3 Å². The summed E-state index contributed by atoms with van der Waals surface area (Å²) in [6.45, 7) is 3.92. The normalized spacial score (nSPS) is 14.8. The Labute approximate surface area is 205 Å². The molecule has 180 valence electrons. The van der Waals surface area contributed by atoms with Gasteiger partial charge in [-0.3, -0.25) is 14.9 Å². The minimum Gasteiger partial charge on any atom is -0.496 e. The number of pyridine rings is 1. The minimum atomic E-state index is -0.141. The lowest BCUT2D eigenvalue weighted by molar-refractivity contribution is 0.0933. The SMILES string of the molecule is COc1ccncc1-c1ccc2[nH]nc(C(=O)NCC3CCN(CCc4ccccc4)CC3)c2c1. The van der Waals surface area contributed by atoms with Gasteiger partial charge in [0.25, 0.3) is 5.91 Å². The smallest absolute Gasteiger partial charge is 0.272 e. The lowest BCUT2D eigenvalue weighted by atomic mass is 9.96. The van der Waals surface area contributed by atoms with Gasteiger partial charge in [0.15, 0.2) is 5.69 Å². The third-order valence-electron chi connectivity index (χ3n) is 6.91. The predicted octanol–water partition coefficient (Wildman–Crippen LogP) is 4.32. The molecule has 0 spiro atoms. The van der Waals surface area contributed by atoms with Crippen LogP contribution in [0.2, 0.25) is 0 Å². The number of carbonyl (C=O) groups is 1. The van der Waals surface area contributed by atoms with Crippen molar-refractivity contribution in [2.45, 2.75) is 19.3 Å². The van der Waals surface area contributed by atoms with Gasteiger partial charge in [0, 0.05) is 36.4 Å². The first kappa shape index (κ1) is 23.1. The number of piperidine rings is 1. The number of methoxy groups -OCH3 is 1. The molecule has 1 saturated heterocycles. The molecule has 0 bridgehead atoms. The minimum absolute atomic E-state index is 0.141. The molecule has 0 saturated carbocycles. The van der Waals surface area contributed by atoms with E-state index in [1.54, 1.807) is 19.5 Å². The number of hydrogen-bond acceptors (Lipinski definition) is 5. The summed E-state index contributed by atoms with van der Waals surface area (Å²) >= 11 is 0. The zero-order valence-electron chi connectivity index (χ0n) is 20.0. The summed E-state index contributed by atoms with van der Waals surface area (Å²) in [6.07, 6.45) is 6.75. The van der Waals surface area contributed by atoms with Crippen LogP contribution in [0.3, 0.4) is 0 Å². The fraction of sp³-hybridized carbons (Fsp3) is 0.321. The Balaban J connectivity index is 1.17. The highest BCUT2D eigenvalue weighted by Gasteiger charge is 2.21. The molecule has 0 atom stereocenters. The highest BCUT2D eigenvalue weighted by atomic mass is 16.5. The quantitative estimate of drug-likeness (QED) is 0.402. The van der Waals surface area contributed by atoms with Crippen molar-refractivity contribution in [3.05, 3.63) is 78.2 Å². The molecular formula is C28H31N5O2. The number of rotatable bonds is 8. The van der Waals surface area contributed by atoms with E-state index in [2.05, 4.69) is 55.7 Å². The van der Waals surface area contributed by atoms with Gasteiger partial charge in [-0.2, -0.15) is 5.10 Å². The fourth-order valence-electron chi connectivity index (χ4n) is 4.80. The number of fused-ring (bicyclic) bond motifs is 1. The summed E-state index contributed by atoms with van der Waals surface area (Å²) in [6, 6.07) is 18.4. The molecule has 1 aliphatic heterocycles. The van der Waals surface area contributed by atoms with E-state index in [4.69, 9.17) is 4.74 Å². The zero-order chi connectivity index (χ0) is 24.0. The van der Waals surface area contributed by atoms with E-state index in [9.17, 15) is 4.79 Å². The highest BCUT2D eigenvalue weighted by molar-refractivity contribution is 6.05. The largest absolute Gasteiger partial charge is 0.496 e. The maximum absolute atomic E-state index is 13.0. The Hall–Kier alpha value is -3.71. The van der Waals surface area contributed by atoms with Crippen LogP contribution in [-0.4, -0.2) is 59.3 Å². The molecule has 35 heavy (non-hydrogen) atoms.